The van der Waals surface area contributed by atoms with Crippen LogP contribution < -0.4 is 15.4 Å². The van der Waals surface area contributed by atoms with Gasteiger partial charge in [0.15, 0.2) is 16.7 Å². The summed E-state index contributed by atoms with van der Waals surface area (Å²) in [4.78, 5) is 24.9. The van der Waals surface area contributed by atoms with Gasteiger partial charge in [0, 0.05) is 24.0 Å². The Balaban J connectivity index is 1.28. The Hall–Kier alpha value is -4.05. The number of furan rings is 1. The first-order chi connectivity index (χ1) is 16.5. The van der Waals surface area contributed by atoms with Gasteiger partial charge in [0.2, 0.25) is 5.91 Å². The van der Waals surface area contributed by atoms with E-state index in [2.05, 4.69) is 20.8 Å². The molecule has 0 bridgehead atoms. The van der Waals surface area contributed by atoms with Crippen molar-refractivity contribution in [3.8, 4) is 17.3 Å². The zero-order valence-electron chi connectivity index (χ0n) is 18.6. The summed E-state index contributed by atoms with van der Waals surface area (Å²) in [5.74, 6) is 1.66. The molecule has 0 saturated carbocycles. The minimum atomic E-state index is -0.243. The summed E-state index contributed by atoms with van der Waals surface area (Å²) < 4.78 is 12.5. The molecule has 0 atom stereocenters. The molecule has 0 radical (unpaired) electrons. The van der Waals surface area contributed by atoms with E-state index in [0.29, 0.717) is 40.3 Å². The second kappa shape index (κ2) is 10.7. The predicted octanol–water partition coefficient (Wildman–Crippen LogP) is 4.46. The maximum atomic E-state index is 12.5. The van der Waals surface area contributed by atoms with Gasteiger partial charge in [0.25, 0.3) is 5.91 Å². The number of anilines is 2. The van der Waals surface area contributed by atoms with Crippen molar-refractivity contribution < 1.29 is 18.7 Å². The van der Waals surface area contributed by atoms with Crippen LogP contribution in [-0.2, 0) is 11.8 Å². The van der Waals surface area contributed by atoms with Crippen LogP contribution in [0.15, 0.2) is 76.5 Å². The quantitative estimate of drug-likeness (QED) is 0.342. The molecule has 0 aliphatic carbocycles. The second-order valence-electron chi connectivity index (χ2n) is 7.17. The summed E-state index contributed by atoms with van der Waals surface area (Å²) in [7, 11) is 1.81. The Morgan fingerprint density at radius 1 is 1.00 bits per heavy atom. The molecule has 0 unspecified atom stereocenters. The third-order valence-corrected chi connectivity index (χ3v) is 5.78. The normalized spacial score (nSPS) is 10.6. The van der Waals surface area contributed by atoms with Crippen LogP contribution in [0.5, 0.6) is 5.75 Å². The Kier molecular flexibility index (Phi) is 7.28. The molecular formula is C24H23N5O4S. The molecule has 10 heteroatoms. The van der Waals surface area contributed by atoms with Gasteiger partial charge in [-0.15, -0.1) is 10.2 Å². The van der Waals surface area contributed by atoms with Crippen LogP contribution in [-0.4, -0.2) is 38.9 Å². The Morgan fingerprint density at radius 3 is 2.38 bits per heavy atom. The minimum Gasteiger partial charge on any atom is -0.494 e. The number of benzene rings is 2. The standard InChI is InChI=1S/C24H23N5O4S/c1-3-32-19-12-10-18(11-13-19)26-23(31)16-6-8-17(9-7-16)25-21(30)15-34-24-28-27-22(29(24)2)20-5-4-14-33-20/h4-14H,3,15H2,1-2H3,(H,25,30)(H,26,31). The van der Waals surface area contributed by atoms with Crippen molar-refractivity contribution >= 4 is 35.0 Å². The topological polar surface area (TPSA) is 111 Å². The third kappa shape index (κ3) is 5.65. The average molecular weight is 478 g/mol. The molecule has 2 amide bonds. The molecule has 9 nitrogen and oxygen atoms in total. The van der Waals surface area contributed by atoms with E-state index in [4.69, 9.17) is 9.15 Å². The number of nitrogens with zero attached hydrogens (tertiary/aromatic N) is 3. The lowest BCUT2D eigenvalue weighted by Crippen LogP contribution is -2.15. The Bertz CT molecular complexity index is 1250. The fraction of sp³-hybridized carbons (Fsp3) is 0.167. The highest BCUT2D eigenvalue weighted by atomic mass is 32.2. The van der Waals surface area contributed by atoms with Crippen molar-refractivity contribution in [1.29, 1.82) is 0 Å². The number of hydrogen-bond donors (Lipinski definition) is 2. The first kappa shape index (κ1) is 23.1. The smallest absolute Gasteiger partial charge is 0.255 e. The third-order valence-electron chi connectivity index (χ3n) is 4.76. The lowest BCUT2D eigenvalue weighted by Gasteiger charge is -2.09. The first-order valence-corrected chi connectivity index (χ1v) is 11.5. The number of aromatic nitrogens is 3. The molecule has 2 N–H and O–H groups in total. The van der Waals surface area contributed by atoms with Gasteiger partial charge in [-0.05, 0) is 67.6 Å². The fourth-order valence-electron chi connectivity index (χ4n) is 3.10. The fourth-order valence-corrected chi connectivity index (χ4v) is 3.81. The van der Waals surface area contributed by atoms with Crippen molar-refractivity contribution in [2.24, 2.45) is 7.05 Å². The highest BCUT2D eigenvalue weighted by molar-refractivity contribution is 7.99. The minimum absolute atomic E-state index is 0.157. The highest BCUT2D eigenvalue weighted by Gasteiger charge is 2.15. The molecule has 4 rings (SSSR count). The van der Waals surface area contributed by atoms with E-state index in [1.807, 2.05) is 14.0 Å². The van der Waals surface area contributed by atoms with Crippen LogP contribution in [0.1, 0.15) is 17.3 Å². The molecule has 0 aliphatic heterocycles. The molecule has 2 aromatic carbocycles. The molecule has 4 aromatic rings. The maximum Gasteiger partial charge on any atom is 0.255 e. The largest absolute Gasteiger partial charge is 0.494 e. The molecule has 2 aromatic heterocycles. The number of ether oxygens (including phenoxy) is 1. The summed E-state index contributed by atoms with van der Waals surface area (Å²) in [6.07, 6.45) is 1.57. The van der Waals surface area contributed by atoms with Crippen molar-refractivity contribution in [1.82, 2.24) is 14.8 Å². The first-order valence-electron chi connectivity index (χ1n) is 10.5. The maximum absolute atomic E-state index is 12.5. The van der Waals surface area contributed by atoms with Gasteiger partial charge in [-0.1, -0.05) is 11.8 Å². The lowest BCUT2D eigenvalue weighted by molar-refractivity contribution is -0.113. The van der Waals surface area contributed by atoms with E-state index in [0.717, 1.165) is 5.75 Å². The van der Waals surface area contributed by atoms with Crippen molar-refractivity contribution in [2.45, 2.75) is 12.1 Å². The second-order valence-corrected chi connectivity index (χ2v) is 8.11. The van der Waals surface area contributed by atoms with Gasteiger partial charge >= 0.3 is 0 Å². The van der Waals surface area contributed by atoms with E-state index < -0.39 is 0 Å². The van der Waals surface area contributed by atoms with Crippen LogP contribution in [0.3, 0.4) is 0 Å². The molecule has 174 valence electrons. The monoisotopic (exact) mass is 477 g/mol. The molecule has 0 saturated heterocycles. The van der Waals surface area contributed by atoms with Gasteiger partial charge in [-0.2, -0.15) is 0 Å². The van der Waals surface area contributed by atoms with Crippen LogP contribution in [0.4, 0.5) is 11.4 Å². The van der Waals surface area contributed by atoms with Crippen LogP contribution in [0, 0.1) is 0 Å². The molecule has 2 heterocycles. The average Bonchev–Trinajstić information content (AvgIpc) is 3.49. The van der Waals surface area contributed by atoms with Crippen LogP contribution >= 0.6 is 11.8 Å². The van der Waals surface area contributed by atoms with E-state index in [1.165, 1.54) is 11.8 Å². The van der Waals surface area contributed by atoms with Crippen LogP contribution in [0.2, 0.25) is 0 Å². The van der Waals surface area contributed by atoms with E-state index in [-0.39, 0.29) is 17.6 Å². The number of amides is 2. The summed E-state index contributed by atoms with van der Waals surface area (Å²) in [5.41, 5.74) is 1.74. The van der Waals surface area contributed by atoms with E-state index in [1.54, 1.807) is 71.5 Å². The summed E-state index contributed by atoms with van der Waals surface area (Å²) in [6.45, 7) is 2.50. The Morgan fingerprint density at radius 2 is 1.71 bits per heavy atom. The van der Waals surface area contributed by atoms with Gasteiger partial charge < -0.3 is 24.4 Å². The number of carbonyl (C=O) groups is 2. The van der Waals surface area contributed by atoms with E-state index in [9.17, 15) is 9.59 Å². The van der Waals surface area contributed by atoms with E-state index >= 15 is 0 Å². The lowest BCUT2D eigenvalue weighted by atomic mass is 10.2. The van der Waals surface area contributed by atoms with Gasteiger partial charge in [-0.25, -0.2) is 0 Å². The number of carbonyl (C=O) groups excluding carboxylic acids is 2. The summed E-state index contributed by atoms with van der Waals surface area (Å²) in [6, 6.07) is 17.4. The molecule has 34 heavy (non-hydrogen) atoms. The molecule has 0 spiro atoms. The van der Waals surface area contributed by atoms with Gasteiger partial charge in [-0.3, -0.25) is 9.59 Å². The number of hydrogen-bond acceptors (Lipinski definition) is 7. The van der Waals surface area contributed by atoms with Gasteiger partial charge in [0.1, 0.15) is 5.75 Å². The van der Waals surface area contributed by atoms with Gasteiger partial charge in [0.05, 0.1) is 18.6 Å². The molecular weight excluding hydrogens is 454 g/mol. The predicted molar refractivity (Wildman–Crippen MR) is 130 cm³/mol. The zero-order valence-corrected chi connectivity index (χ0v) is 19.5. The SMILES string of the molecule is CCOc1ccc(NC(=O)c2ccc(NC(=O)CSc3nnc(-c4ccco4)n3C)cc2)cc1. The van der Waals surface area contributed by atoms with Crippen molar-refractivity contribution in [2.75, 3.05) is 23.0 Å². The summed E-state index contributed by atoms with van der Waals surface area (Å²) in [5, 5.41) is 14.5. The molecule has 0 aliphatic rings. The van der Waals surface area contributed by atoms with Crippen LogP contribution in [0.25, 0.3) is 11.6 Å². The highest BCUT2D eigenvalue weighted by Crippen LogP contribution is 2.23. The van der Waals surface area contributed by atoms with Crippen molar-refractivity contribution in [3.05, 3.63) is 72.5 Å². The number of nitrogens with one attached hydrogen (secondary N) is 2. The number of rotatable bonds is 9. The zero-order chi connectivity index (χ0) is 23.9. The Labute approximate surface area is 200 Å². The number of thioether (sulfide) groups is 1. The van der Waals surface area contributed by atoms with Crippen molar-refractivity contribution in [3.63, 3.8) is 0 Å². The summed E-state index contributed by atoms with van der Waals surface area (Å²) >= 11 is 1.27. The molecule has 0 fully saturated rings.